The Hall–Kier alpha value is -3.92. The molecule has 0 aliphatic heterocycles. The van der Waals surface area contributed by atoms with Gasteiger partial charge < -0.3 is 9.67 Å². The van der Waals surface area contributed by atoms with Gasteiger partial charge in [0.25, 0.3) is 0 Å². The Labute approximate surface area is 169 Å². The second-order valence-corrected chi connectivity index (χ2v) is 6.69. The Kier molecular flexibility index (Phi) is 5.08. The predicted octanol–water partition coefficient (Wildman–Crippen LogP) is 4.82. The molecule has 0 unspecified atom stereocenters. The molecule has 0 amide bonds. The molecule has 4 nitrogen and oxygen atoms in total. The van der Waals surface area contributed by atoms with Crippen molar-refractivity contribution in [3.05, 3.63) is 132 Å². The maximum atomic E-state index is 10.9. The van der Waals surface area contributed by atoms with E-state index >= 15 is 0 Å². The average Bonchev–Trinajstić information content (AvgIpc) is 3.24. The summed E-state index contributed by atoms with van der Waals surface area (Å²) in [5.74, 6) is -1.00. The largest absolute Gasteiger partial charge is 0.478 e. The topological polar surface area (TPSA) is 55.1 Å². The van der Waals surface area contributed by atoms with Gasteiger partial charge in [-0.15, -0.1) is 0 Å². The summed E-state index contributed by atoms with van der Waals surface area (Å²) in [4.78, 5) is 15.4. The molecule has 0 bridgehead atoms. The van der Waals surface area contributed by atoms with Gasteiger partial charge in [-0.2, -0.15) is 0 Å². The minimum absolute atomic E-state index is 0.583. The first-order chi connectivity index (χ1) is 14.2. The molecule has 142 valence electrons. The van der Waals surface area contributed by atoms with Crippen molar-refractivity contribution >= 4 is 12.0 Å². The van der Waals surface area contributed by atoms with Crippen LogP contribution >= 0.6 is 0 Å². The van der Waals surface area contributed by atoms with Gasteiger partial charge >= 0.3 is 5.97 Å². The quantitative estimate of drug-likeness (QED) is 0.385. The average molecular weight is 380 g/mol. The molecule has 3 aromatic carbocycles. The van der Waals surface area contributed by atoms with Gasteiger partial charge in [0.2, 0.25) is 0 Å². The van der Waals surface area contributed by atoms with Crippen molar-refractivity contribution in [1.82, 2.24) is 9.55 Å². The van der Waals surface area contributed by atoms with Crippen molar-refractivity contribution in [2.45, 2.75) is 5.54 Å². The minimum Gasteiger partial charge on any atom is -0.478 e. The van der Waals surface area contributed by atoms with Gasteiger partial charge in [-0.3, -0.25) is 0 Å². The van der Waals surface area contributed by atoms with Gasteiger partial charge in [-0.05, 0) is 22.8 Å². The highest BCUT2D eigenvalue weighted by Gasteiger charge is 2.38. The van der Waals surface area contributed by atoms with Crippen molar-refractivity contribution in [2.24, 2.45) is 0 Å². The summed E-state index contributed by atoms with van der Waals surface area (Å²) < 4.78 is 2.05. The van der Waals surface area contributed by atoms with Crippen molar-refractivity contribution in [1.29, 1.82) is 0 Å². The summed E-state index contributed by atoms with van der Waals surface area (Å²) in [5, 5.41) is 8.95. The van der Waals surface area contributed by atoms with E-state index in [2.05, 4.69) is 45.9 Å². The van der Waals surface area contributed by atoms with E-state index in [-0.39, 0.29) is 0 Å². The van der Waals surface area contributed by atoms with E-state index < -0.39 is 11.5 Å². The van der Waals surface area contributed by atoms with Crippen molar-refractivity contribution in [3.8, 4) is 0 Å². The number of carbonyl (C=O) groups is 1. The van der Waals surface area contributed by atoms with Crippen molar-refractivity contribution in [2.75, 3.05) is 0 Å². The van der Waals surface area contributed by atoms with E-state index in [1.165, 1.54) is 6.08 Å². The molecule has 1 heterocycles. The standard InChI is InChI=1S/C25H20N2O2/c28-24(29)17-16-23-18-27(19-26-23)25(20-10-4-1-5-11-20,21-12-6-2-7-13-21)22-14-8-3-9-15-22/h1-19H,(H,28,29)/b17-16-. The van der Waals surface area contributed by atoms with Gasteiger partial charge in [0, 0.05) is 12.3 Å². The normalized spacial score (nSPS) is 11.6. The summed E-state index contributed by atoms with van der Waals surface area (Å²) >= 11 is 0. The fraction of sp³-hybridized carbons (Fsp3) is 0.0400. The number of hydrogen-bond donors (Lipinski definition) is 1. The summed E-state index contributed by atoms with van der Waals surface area (Å²) in [6.45, 7) is 0. The van der Waals surface area contributed by atoms with Crippen LogP contribution in [0.4, 0.5) is 0 Å². The smallest absolute Gasteiger partial charge is 0.328 e. The number of nitrogens with zero attached hydrogens (tertiary/aromatic N) is 2. The van der Waals surface area contributed by atoms with E-state index in [9.17, 15) is 4.79 Å². The molecule has 0 fully saturated rings. The maximum Gasteiger partial charge on any atom is 0.328 e. The number of hydrogen-bond acceptors (Lipinski definition) is 2. The van der Waals surface area contributed by atoms with Crippen LogP contribution in [0.3, 0.4) is 0 Å². The zero-order valence-electron chi connectivity index (χ0n) is 15.7. The monoisotopic (exact) mass is 380 g/mol. The van der Waals surface area contributed by atoms with E-state index in [4.69, 9.17) is 5.11 Å². The van der Waals surface area contributed by atoms with Gasteiger partial charge in [0.15, 0.2) is 0 Å². The maximum absolute atomic E-state index is 10.9. The molecule has 0 saturated carbocycles. The number of carboxylic acids is 1. The summed E-state index contributed by atoms with van der Waals surface area (Å²) in [6, 6.07) is 30.8. The lowest BCUT2D eigenvalue weighted by Crippen LogP contribution is -2.36. The third-order valence-electron chi connectivity index (χ3n) is 4.96. The van der Waals surface area contributed by atoms with Crippen molar-refractivity contribution in [3.63, 3.8) is 0 Å². The summed E-state index contributed by atoms with van der Waals surface area (Å²) in [6.07, 6.45) is 6.24. The van der Waals surface area contributed by atoms with E-state index in [1.807, 2.05) is 60.8 Å². The molecule has 29 heavy (non-hydrogen) atoms. The number of rotatable bonds is 6. The van der Waals surface area contributed by atoms with Crippen LogP contribution in [-0.4, -0.2) is 20.6 Å². The first-order valence-electron chi connectivity index (χ1n) is 9.33. The molecule has 1 N–H and O–H groups in total. The van der Waals surface area contributed by atoms with Crippen LogP contribution in [0.1, 0.15) is 22.4 Å². The lowest BCUT2D eigenvalue weighted by molar-refractivity contribution is -0.131. The van der Waals surface area contributed by atoms with Crippen LogP contribution in [0.25, 0.3) is 6.08 Å². The van der Waals surface area contributed by atoms with Gasteiger partial charge in [-0.1, -0.05) is 91.0 Å². The molecule has 0 radical (unpaired) electrons. The minimum atomic E-state index is -1.00. The van der Waals surface area contributed by atoms with Crippen LogP contribution in [0.5, 0.6) is 0 Å². The zero-order chi connectivity index (χ0) is 20.1. The molecule has 4 aromatic rings. The third kappa shape index (κ3) is 3.48. The van der Waals surface area contributed by atoms with Gasteiger partial charge in [-0.25, -0.2) is 9.78 Å². The highest BCUT2D eigenvalue weighted by molar-refractivity contribution is 5.84. The van der Waals surface area contributed by atoms with Crippen LogP contribution in [0.15, 0.2) is 110 Å². The fourth-order valence-corrected chi connectivity index (χ4v) is 3.75. The molecule has 0 spiro atoms. The van der Waals surface area contributed by atoms with Crippen LogP contribution in [-0.2, 0) is 10.3 Å². The first-order valence-corrected chi connectivity index (χ1v) is 9.33. The fourth-order valence-electron chi connectivity index (χ4n) is 3.75. The molecule has 0 atom stereocenters. The lowest BCUT2D eigenvalue weighted by Gasteiger charge is -2.37. The molecule has 0 saturated heterocycles. The first kappa shape index (κ1) is 18.4. The van der Waals surface area contributed by atoms with E-state index in [0.29, 0.717) is 5.69 Å². The number of aromatic nitrogens is 2. The van der Waals surface area contributed by atoms with Crippen LogP contribution < -0.4 is 0 Å². The third-order valence-corrected chi connectivity index (χ3v) is 4.96. The summed E-state index contributed by atoms with van der Waals surface area (Å²) in [5.41, 5.74) is 3.20. The Morgan fingerprint density at radius 1 is 0.793 bits per heavy atom. The summed E-state index contributed by atoms with van der Waals surface area (Å²) in [7, 11) is 0. The number of imidazole rings is 1. The molecule has 4 rings (SSSR count). The molecular weight excluding hydrogens is 360 g/mol. The number of benzene rings is 3. The van der Waals surface area contributed by atoms with E-state index in [0.717, 1.165) is 22.8 Å². The van der Waals surface area contributed by atoms with Gasteiger partial charge in [0.05, 0.1) is 12.0 Å². The highest BCUT2D eigenvalue weighted by atomic mass is 16.4. The Balaban J connectivity index is 2.02. The lowest BCUT2D eigenvalue weighted by atomic mass is 9.77. The highest BCUT2D eigenvalue weighted by Crippen LogP contribution is 2.40. The Morgan fingerprint density at radius 2 is 1.24 bits per heavy atom. The zero-order valence-corrected chi connectivity index (χ0v) is 15.7. The molecule has 0 aliphatic rings. The van der Waals surface area contributed by atoms with Gasteiger partial charge in [0.1, 0.15) is 5.54 Å². The molecule has 4 heteroatoms. The number of carboxylic acid groups (broad SMARTS) is 1. The molecule has 1 aromatic heterocycles. The molecule has 0 aliphatic carbocycles. The second-order valence-electron chi connectivity index (χ2n) is 6.69. The predicted molar refractivity (Wildman–Crippen MR) is 114 cm³/mol. The van der Waals surface area contributed by atoms with Crippen molar-refractivity contribution < 1.29 is 9.90 Å². The SMILES string of the molecule is O=C(O)/C=C\c1cn(C(c2ccccc2)(c2ccccc2)c2ccccc2)cn1. The van der Waals surface area contributed by atoms with E-state index in [1.54, 1.807) is 6.33 Å². The second kappa shape index (κ2) is 7.98. The Morgan fingerprint density at radius 3 is 1.66 bits per heavy atom. The number of aliphatic carboxylic acids is 1. The molecular formula is C25H20N2O2. The van der Waals surface area contributed by atoms with Crippen LogP contribution in [0, 0.1) is 0 Å². The Bertz CT molecular complexity index is 1020. The van der Waals surface area contributed by atoms with Crippen LogP contribution in [0.2, 0.25) is 0 Å².